The number of anilines is 2. The Hall–Kier alpha value is -1.87. The Morgan fingerprint density at radius 3 is 2.65 bits per heavy atom. The van der Waals surface area contributed by atoms with Gasteiger partial charge in [-0.15, -0.1) is 0 Å². The number of halogens is 1. The third-order valence-corrected chi connectivity index (χ3v) is 2.57. The Morgan fingerprint density at radius 1 is 1.29 bits per heavy atom. The van der Waals surface area contributed by atoms with Crippen LogP contribution in [0.4, 0.5) is 11.4 Å². The lowest BCUT2D eigenvalue weighted by atomic mass is 10.2. The normalized spacial score (nSPS) is 10.0. The number of carbonyl (C=O) groups is 1. The molecule has 0 spiro atoms. The van der Waals surface area contributed by atoms with Gasteiger partial charge in [-0.3, -0.25) is 4.79 Å². The number of hydrogen-bond donors (Lipinski definition) is 1. The highest BCUT2D eigenvalue weighted by molar-refractivity contribution is 6.29. The SMILES string of the molecule is Cc1ccc(Nc2cc(Cl)ncc2C=O)cc1. The first kappa shape index (κ1) is 11.6. The molecule has 0 aliphatic carbocycles. The molecule has 0 amide bonds. The molecule has 3 nitrogen and oxygen atoms in total. The molecular weight excluding hydrogens is 236 g/mol. The molecule has 2 aromatic rings. The second kappa shape index (κ2) is 4.97. The van der Waals surface area contributed by atoms with Crippen LogP contribution in [0.25, 0.3) is 0 Å². The van der Waals surface area contributed by atoms with Gasteiger partial charge in [0.1, 0.15) is 5.15 Å². The summed E-state index contributed by atoms with van der Waals surface area (Å²) in [5.74, 6) is 0. The number of hydrogen-bond acceptors (Lipinski definition) is 3. The molecular formula is C13H11ClN2O. The van der Waals surface area contributed by atoms with Crippen molar-refractivity contribution < 1.29 is 4.79 Å². The van der Waals surface area contributed by atoms with Crippen molar-refractivity contribution in [2.24, 2.45) is 0 Å². The van der Waals surface area contributed by atoms with Gasteiger partial charge in [-0.2, -0.15) is 0 Å². The molecule has 0 aliphatic heterocycles. The van der Waals surface area contributed by atoms with Crippen molar-refractivity contribution in [2.45, 2.75) is 6.92 Å². The topological polar surface area (TPSA) is 42.0 Å². The van der Waals surface area contributed by atoms with Crippen LogP contribution < -0.4 is 5.32 Å². The molecule has 0 atom stereocenters. The molecule has 0 saturated heterocycles. The van der Waals surface area contributed by atoms with Crippen LogP contribution in [0.2, 0.25) is 5.15 Å². The largest absolute Gasteiger partial charge is 0.355 e. The summed E-state index contributed by atoms with van der Waals surface area (Å²) in [6.45, 7) is 2.02. The first-order chi connectivity index (χ1) is 8.19. The number of aromatic nitrogens is 1. The Kier molecular flexibility index (Phi) is 3.40. The van der Waals surface area contributed by atoms with Gasteiger partial charge in [0.25, 0.3) is 0 Å². The third-order valence-electron chi connectivity index (χ3n) is 2.36. The number of aryl methyl sites for hydroxylation is 1. The number of nitrogens with zero attached hydrogens (tertiary/aromatic N) is 1. The van der Waals surface area contributed by atoms with Crippen LogP contribution in [-0.4, -0.2) is 11.3 Å². The molecule has 0 aliphatic rings. The fourth-order valence-electron chi connectivity index (χ4n) is 1.44. The maximum atomic E-state index is 10.9. The highest BCUT2D eigenvalue weighted by Gasteiger charge is 2.03. The van der Waals surface area contributed by atoms with Crippen LogP contribution in [0.15, 0.2) is 36.5 Å². The average molecular weight is 247 g/mol. The van der Waals surface area contributed by atoms with Crippen LogP contribution in [0.1, 0.15) is 15.9 Å². The molecule has 1 heterocycles. The van der Waals surface area contributed by atoms with E-state index in [-0.39, 0.29) is 0 Å². The van der Waals surface area contributed by atoms with Crippen molar-refractivity contribution in [3.8, 4) is 0 Å². The second-order valence-corrected chi connectivity index (χ2v) is 4.09. The molecule has 1 aromatic carbocycles. The number of benzene rings is 1. The predicted molar refractivity (Wildman–Crippen MR) is 69.1 cm³/mol. The van der Waals surface area contributed by atoms with Crippen molar-refractivity contribution in [3.63, 3.8) is 0 Å². The molecule has 0 unspecified atom stereocenters. The van der Waals surface area contributed by atoms with Crippen molar-refractivity contribution in [1.29, 1.82) is 0 Å². The van der Waals surface area contributed by atoms with Gasteiger partial charge in [0, 0.05) is 11.9 Å². The van der Waals surface area contributed by atoms with E-state index in [1.807, 2.05) is 31.2 Å². The van der Waals surface area contributed by atoms with E-state index in [1.54, 1.807) is 6.07 Å². The highest BCUT2D eigenvalue weighted by atomic mass is 35.5. The monoisotopic (exact) mass is 246 g/mol. The third kappa shape index (κ3) is 2.82. The summed E-state index contributed by atoms with van der Waals surface area (Å²) in [5, 5.41) is 3.49. The Bertz CT molecular complexity index is 538. The lowest BCUT2D eigenvalue weighted by molar-refractivity contribution is 0.112. The number of pyridine rings is 1. The van der Waals surface area contributed by atoms with Gasteiger partial charge in [-0.05, 0) is 25.1 Å². The Labute approximate surface area is 104 Å². The summed E-state index contributed by atoms with van der Waals surface area (Å²) in [5.41, 5.74) is 3.22. The van der Waals surface area contributed by atoms with Crippen molar-refractivity contribution in [1.82, 2.24) is 4.98 Å². The fraction of sp³-hybridized carbons (Fsp3) is 0.0769. The van der Waals surface area contributed by atoms with Crippen LogP contribution in [0.3, 0.4) is 0 Å². The van der Waals surface area contributed by atoms with E-state index >= 15 is 0 Å². The number of carbonyl (C=O) groups excluding carboxylic acids is 1. The zero-order chi connectivity index (χ0) is 12.3. The maximum absolute atomic E-state index is 10.9. The first-order valence-electron chi connectivity index (χ1n) is 5.13. The van der Waals surface area contributed by atoms with Crippen molar-refractivity contribution in [3.05, 3.63) is 52.8 Å². The van der Waals surface area contributed by atoms with Gasteiger partial charge < -0.3 is 5.32 Å². The van der Waals surface area contributed by atoms with E-state index in [0.717, 1.165) is 12.0 Å². The molecule has 1 aromatic heterocycles. The summed E-state index contributed by atoms with van der Waals surface area (Å²) in [6.07, 6.45) is 2.20. The van der Waals surface area contributed by atoms with Crippen LogP contribution in [0.5, 0.6) is 0 Å². The number of aldehydes is 1. The average Bonchev–Trinajstić information content (AvgIpc) is 2.32. The van der Waals surface area contributed by atoms with Gasteiger partial charge in [0.15, 0.2) is 6.29 Å². The minimum atomic E-state index is 0.352. The number of rotatable bonds is 3. The molecule has 2 rings (SSSR count). The van der Waals surface area contributed by atoms with E-state index in [1.165, 1.54) is 11.8 Å². The van der Waals surface area contributed by atoms with Crippen molar-refractivity contribution >= 4 is 29.3 Å². The summed E-state index contributed by atoms with van der Waals surface area (Å²) in [6, 6.07) is 9.50. The molecule has 0 saturated carbocycles. The highest BCUT2D eigenvalue weighted by Crippen LogP contribution is 2.22. The Morgan fingerprint density at radius 2 is 2.00 bits per heavy atom. The van der Waals surface area contributed by atoms with Gasteiger partial charge >= 0.3 is 0 Å². The standard InChI is InChI=1S/C13H11ClN2O/c1-9-2-4-11(5-3-9)16-12-6-13(14)15-7-10(12)8-17/h2-8H,1H3,(H,15,16). The maximum Gasteiger partial charge on any atom is 0.153 e. The molecule has 0 bridgehead atoms. The van der Waals surface area contributed by atoms with Gasteiger partial charge in [0.2, 0.25) is 0 Å². The molecule has 0 fully saturated rings. The second-order valence-electron chi connectivity index (χ2n) is 3.70. The zero-order valence-electron chi connectivity index (χ0n) is 9.27. The number of nitrogens with one attached hydrogen (secondary N) is 1. The van der Waals surface area contributed by atoms with E-state index < -0.39 is 0 Å². The van der Waals surface area contributed by atoms with E-state index in [2.05, 4.69) is 10.3 Å². The van der Waals surface area contributed by atoms with E-state index in [4.69, 9.17) is 11.6 Å². The fourth-order valence-corrected chi connectivity index (χ4v) is 1.59. The van der Waals surface area contributed by atoms with E-state index in [9.17, 15) is 4.79 Å². The molecule has 1 N–H and O–H groups in total. The van der Waals surface area contributed by atoms with Crippen molar-refractivity contribution in [2.75, 3.05) is 5.32 Å². The smallest absolute Gasteiger partial charge is 0.153 e. The minimum absolute atomic E-state index is 0.352. The van der Waals surface area contributed by atoms with Gasteiger partial charge in [-0.1, -0.05) is 29.3 Å². The lowest BCUT2D eigenvalue weighted by Crippen LogP contribution is -1.96. The van der Waals surface area contributed by atoms with Crippen LogP contribution in [-0.2, 0) is 0 Å². The first-order valence-corrected chi connectivity index (χ1v) is 5.51. The zero-order valence-corrected chi connectivity index (χ0v) is 10.0. The molecule has 86 valence electrons. The minimum Gasteiger partial charge on any atom is -0.355 e. The van der Waals surface area contributed by atoms with Crippen LogP contribution >= 0.6 is 11.6 Å². The molecule has 4 heteroatoms. The molecule has 17 heavy (non-hydrogen) atoms. The van der Waals surface area contributed by atoms with Gasteiger partial charge in [-0.25, -0.2) is 4.98 Å². The summed E-state index contributed by atoms with van der Waals surface area (Å²) < 4.78 is 0. The Balaban J connectivity index is 2.31. The lowest BCUT2D eigenvalue weighted by Gasteiger charge is -2.09. The van der Waals surface area contributed by atoms with Gasteiger partial charge in [0.05, 0.1) is 11.3 Å². The predicted octanol–water partition coefficient (Wildman–Crippen LogP) is 3.60. The summed E-state index contributed by atoms with van der Waals surface area (Å²) in [4.78, 5) is 14.7. The van der Waals surface area contributed by atoms with Crippen LogP contribution in [0, 0.1) is 6.92 Å². The molecule has 0 radical (unpaired) electrons. The summed E-state index contributed by atoms with van der Waals surface area (Å²) in [7, 11) is 0. The quantitative estimate of drug-likeness (QED) is 0.665. The summed E-state index contributed by atoms with van der Waals surface area (Å²) >= 11 is 5.80. The van der Waals surface area contributed by atoms with E-state index in [0.29, 0.717) is 16.4 Å².